The quantitative estimate of drug-likeness (QED) is 0.661. The van der Waals surface area contributed by atoms with E-state index in [2.05, 4.69) is 11.8 Å². The van der Waals surface area contributed by atoms with Gasteiger partial charge < -0.3 is 5.11 Å². The van der Waals surface area contributed by atoms with Crippen LogP contribution < -0.4 is 0 Å². The molecule has 68 valence electrons. The summed E-state index contributed by atoms with van der Waals surface area (Å²) in [6.07, 6.45) is 1.24. The summed E-state index contributed by atoms with van der Waals surface area (Å²) in [5, 5.41) is 8.45. The van der Waals surface area contributed by atoms with Crippen molar-refractivity contribution in [1.29, 1.82) is 0 Å². The molecule has 0 aliphatic rings. The molecule has 0 fully saturated rings. The van der Waals surface area contributed by atoms with Crippen LogP contribution in [0.25, 0.3) is 0 Å². The molecule has 0 aromatic carbocycles. The minimum Gasteiger partial charge on any atom is -0.478 e. The van der Waals surface area contributed by atoms with Crippen molar-refractivity contribution >= 4 is 5.97 Å². The molecular formula is C9H13FO2. The molecule has 0 aliphatic heterocycles. The van der Waals surface area contributed by atoms with Crippen molar-refractivity contribution in [1.82, 2.24) is 0 Å². The molecule has 1 atom stereocenters. The minimum atomic E-state index is -2.35. The molecule has 0 amide bonds. The fourth-order valence-corrected chi connectivity index (χ4v) is 0.621. The summed E-state index contributed by atoms with van der Waals surface area (Å²) in [5.74, 6) is 3.14. The van der Waals surface area contributed by atoms with Crippen molar-refractivity contribution in [3.63, 3.8) is 0 Å². The van der Waals surface area contributed by atoms with Crippen LogP contribution in [0, 0.1) is 11.8 Å². The first-order valence-electron chi connectivity index (χ1n) is 3.99. The molecule has 2 nitrogen and oxygen atoms in total. The first-order chi connectivity index (χ1) is 5.56. The van der Waals surface area contributed by atoms with Crippen LogP contribution in [0.3, 0.4) is 0 Å². The molecule has 12 heavy (non-hydrogen) atoms. The van der Waals surface area contributed by atoms with Gasteiger partial charge in [-0.05, 0) is 6.42 Å². The molecule has 3 heteroatoms. The fourth-order valence-electron chi connectivity index (χ4n) is 0.621. The third-order valence-corrected chi connectivity index (χ3v) is 1.49. The summed E-state index contributed by atoms with van der Waals surface area (Å²) < 4.78 is 13.2. The molecule has 0 radical (unpaired) electrons. The molecule has 0 aromatic heterocycles. The van der Waals surface area contributed by atoms with Crippen LogP contribution in [0.5, 0.6) is 0 Å². The fraction of sp³-hybridized carbons (Fsp3) is 0.667. The van der Waals surface area contributed by atoms with Gasteiger partial charge in [-0.3, -0.25) is 0 Å². The van der Waals surface area contributed by atoms with Crippen molar-refractivity contribution in [2.45, 2.75) is 38.8 Å². The highest BCUT2D eigenvalue weighted by molar-refractivity contribution is 5.81. The number of carbonyl (C=O) groups is 1. The summed E-state index contributed by atoms with van der Waals surface area (Å²) in [7, 11) is 0. The Hall–Kier alpha value is -1.04. The lowest BCUT2D eigenvalue weighted by Gasteiger charge is -2.09. The maximum Gasteiger partial charge on any atom is 0.354 e. The Morgan fingerprint density at radius 3 is 2.50 bits per heavy atom. The molecule has 1 unspecified atom stereocenters. The minimum absolute atomic E-state index is 0.112. The second-order valence-corrected chi connectivity index (χ2v) is 2.51. The van der Waals surface area contributed by atoms with Crippen molar-refractivity contribution in [3.05, 3.63) is 0 Å². The predicted octanol–water partition coefficient (Wildman–Crippen LogP) is 1.99. The topological polar surface area (TPSA) is 37.3 Å². The number of alkyl halides is 1. The van der Waals surface area contributed by atoms with E-state index in [4.69, 9.17) is 5.11 Å². The van der Waals surface area contributed by atoms with Gasteiger partial charge in [-0.1, -0.05) is 25.7 Å². The molecule has 0 bridgehead atoms. The average Bonchev–Trinajstić information content (AvgIpc) is 2.04. The molecule has 0 saturated carbocycles. The Morgan fingerprint density at radius 1 is 1.58 bits per heavy atom. The molecule has 0 saturated heterocycles. The highest BCUT2D eigenvalue weighted by Gasteiger charge is 2.34. The van der Waals surface area contributed by atoms with E-state index in [1.54, 1.807) is 0 Å². The first-order valence-corrected chi connectivity index (χ1v) is 3.99. The number of halogens is 1. The van der Waals surface area contributed by atoms with Gasteiger partial charge in [0, 0.05) is 12.8 Å². The monoisotopic (exact) mass is 172 g/mol. The van der Waals surface area contributed by atoms with E-state index in [1.165, 1.54) is 6.92 Å². The van der Waals surface area contributed by atoms with Crippen LogP contribution in [0.4, 0.5) is 4.39 Å². The van der Waals surface area contributed by atoms with E-state index in [0.29, 0.717) is 6.42 Å². The van der Waals surface area contributed by atoms with E-state index in [0.717, 1.165) is 6.42 Å². The maximum absolute atomic E-state index is 13.2. The number of rotatable bonds is 3. The second kappa shape index (κ2) is 4.76. The van der Waals surface area contributed by atoms with Crippen molar-refractivity contribution in [2.24, 2.45) is 0 Å². The average molecular weight is 172 g/mol. The van der Waals surface area contributed by atoms with Crippen molar-refractivity contribution in [3.8, 4) is 11.8 Å². The van der Waals surface area contributed by atoms with Gasteiger partial charge in [0.05, 0.1) is 0 Å². The number of carboxylic acids is 1. The Bertz CT molecular complexity index is 214. The summed E-state index contributed by atoms with van der Waals surface area (Å²) in [5.41, 5.74) is -2.35. The lowest BCUT2D eigenvalue weighted by Crippen LogP contribution is -2.30. The van der Waals surface area contributed by atoms with Crippen LogP contribution in [0.1, 0.15) is 33.1 Å². The Kier molecular flexibility index (Phi) is 4.35. The molecule has 0 heterocycles. The zero-order valence-electron chi connectivity index (χ0n) is 7.35. The molecule has 0 spiro atoms. The van der Waals surface area contributed by atoms with E-state index >= 15 is 0 Å². The zero-order valence-corrected chi connectivity index (χ0v) is 7.35. The largest absolute Gasteiger partial charge is 0.478 e. The van der Waals surface area contributed by atoms with Crippen LogP contribution >= 0.6 is 0 Å². The van der Waals surface area contributed by atoms with Crippen molar-refractivity contribution in [2.75, 3.05) is 0 Å². The highest BCUT2D eigenvalue weighted by Crippen LogP contribution is 2.14. The lowest BCUT2D eigenvalue weighted by atomic mass is 10.0. The third kappa shape index (κ3) is 2.91. The van der Waals surface area contributed by atoms with E-state index < -0.39 is 11.6 Å². The van der Waals surface area contributed by atoms with Gasteiger partial charge in [-0.25, -0.2) is 9.18 Å². The predicted molar refractivity (Wildman–Crippen MR) is 44.4 cm³/mol. The van der Waals surface area contributed by atoms with Crippen LogP contribution in [0.2, 0.25) is 0 Å². The molecule has 0 aliphatic carbocycles. The SMILES string of the molecule is CCCC#CC(F)(CC)C(=O)O. The van der Waals surface area contributed by atoms with Crippen LogP contribution in [0.15, 0.2) is 0 Å². The Balaban J connectivity index is 4.36. The van der Waals surface area contributed by atoms with Gasteiger partial charge in [0.2, 0.25) is 0 Å². The van der Waals surface area contributed by atoms with Gasteiger partial charge in [0.25, 0.3) is 5.67 Å². The van der Waals surface area contributed by atoms with Gasteiger partial charge in [-0.15, -0.1) is 0 Å². The van der Waals surface area contributed by atoms with Gasteiger partial charge in [0.1, 0.15) is 0 Å². The highest BCUT2D eigenvalue weighted by atomic mass is 19.1. The van der Waals surface area contributed by atoms with Crippen LogP contribution in [-0.4, -0.2) is 16.7 Å². The number of hydrogen-bond donors (Lipinski definition) is 1. The normalized spacial score (nSPS) is 14.2. The Morgan fingerprint density at radius 2 is 2.17 bits per heavy atom. The molecule has 0 aromatic rings. The number of unbranched alkanes of at least 4 members (excludes halogenated alkanes) is 1. The first kappa shape index (κ1) is 11.0. The summed E-state index contributed by atoms with van der Waals surface area (Å²) in [4.78, 5) is 10.4. The molecule has 1 N–H and O–H groups in total. The summed E-state index contributed by atoms with van der Waals surface area (Å²) in [6, 6.07) is 0. The van der Waals surface area contributed by atoms with Gasteiger partial charge in [0.15, 0.2) is 0 Å². The number of hydrogen-bond acceptors (Lipinski definition) is 1. The van der Waals surface area contributed by atoms with E-state index in [9.17, 15) is 9.18 Å². The smallest absolute Gasteiger partial charge is 0.354 e. The zero-order chi connectivity index (χ0) is 9.61. The van der Waals surface area contributed by atoms with Gasteiger partial charge >= 0.3 is 5.97 Å². The summed E-state index contributed by atoms with van der Waals surface area (Å²) >= 11 is 0. The maximum atomic E-state index is 13.2. The lowest BCUT2D eigenvalue weighted by molar-refractivity contribution is -0.147. The molecule has 0 rings (SSSR count). The third-order valence-electron chi connectivity index (χ3n) is 1.49. The number of aliphatic carboxylic acids is 1. The standard InChI is InChI=1S/C9H13FO2/c1-3-5-6-7-9(10,4-2)8(11)12/h3-5H2,1-2H3,(H,11,12). The second-order valence-electron chi connectivity index (χ2n) is 2.51. The van der Waals surface area contributed by atoms with Crippen LogP contribution in [-0.2, 0) is 4.79 Å². The summed E-state index contributed by atoms with van der Waals surface area (Å²) in [6.45, 7) is 3.37. The van der Waals surface area contributed by atoms with Crippen molar-refractivity contribution < 1.29 is 14.3 Å². The van der Waals surface area contributed by atoms with E-state index in [1.807, 2.05) is 6.92 Å². The van der Waals surface area contributed by atoms with Gasteiger partial charge in [-0.2, -0.15) is 0 Å². The number of carboxylic acid groups (broad SMARTS) is 1. The van der Waals surface area contributed by atoms with E-state index in [-0.39, 0.29) is 6.42 Å². The molecular weight excluding hydrogens is 159 g/mol. The Labute approximate surface area is 71.8 Å².